The lowest BCUT2D eigenvalue weighted by Gasteiger charge is -2.36. The number of para-hydroxylation sites is 1. The Balaban J connectivity index is 0.00000261. The van der Waals surface area contributed by atoms with Gasteiger partial charge in [-0.15, -0.1) is 12.4 Å². The third kappa shape index (κ3) is 5.94. The number of hydrogen-bond acceptors (Lipinski definition) is 5. The summed E-state index contributed by atoms with van der Waals surface area (Å²) in [5.41, 5.74) is 0.979. The molecule has 2 heterocycles. The van der Waals surface area contributed by atoms with Gasteiger partial charge in [-0.25, -0.2) is 0 Å². The van der Waals surface area contributed by atoms with E-state index in [0.717, 1.165) is 12.1 Å². The highest BCUT2D eigenvalue weighted by molar-refractivity contribution is 5.86. The number of rotatable bonds is 6. The number of piperazine rings is 1. The molecule has 3 rings (SSSR count). The van der Waals surface area contributed by atoms with Crippen molar-refractivity contribution >= 4 is 24.2 Å². The minimum Gasteiger partial charge on any atom is -0.484 e. The van der Waals surface area contributed by atoms with Gasteiger partial charge in [0.1, 0.15) is 5.75 Å². The van der Waals surface area contributed by atoms with E-state index >= 15 is 0 Å². The van der Waals surface area contributed by atoms with Crippen molar-refractivity contribution in [1.29, 1.82) is 0 Å². The number of nitrogens with one attached hydrogen (secondary N) is 2. The summed E-state index contributed by atoms with van der Waals surface area (Å²) in [5, 5.41) is 5.92. The Bertz CT molecular complexity index is 730. The zero-order valence-corrected chi connectivity index (χ0v) is 15.7. The second-order valence-corrected chi connectivity index (χ2v) is 5.97. The van der Waals surface area contributed by atoms with E-state index in [1.54, 1.807) is 29.4 Å². The average Bonchev–Trinajstić information content (AvgIpc) is 2.72. The third-order valence-corrected chi connectivity index (χ3v) is 4.18. The van der Waals surface area contributed by atoms with Crippen LogP contribution in [0.4, 0.5) is 0 Å². The van der Waals surface area contributed by atoms with E-state index in [1.165, 1.54) is 0 Å². The summed E-state index contributed by atoms with van der Waals surface area (Å²) in [4.78, 5) is 30.4. The number of hydrogen-bond donors (Lipinski definition) is 2. The first-order valence-corrected chi connectivity index (χ1v) is 8.58. The van der Waals surface area contributed by atoms with Crippen molar-refractivity contribution < 1.29 is 14.3 Å². The van der Waals surface area contributed by atoms with Gasteiger partial charge in [0.25, 0.3) is 5.91 Å². The normalized spacial score (nSPS) is 16.1. The fourth-order valence-corrected chi connectivity index (χ4v) is 2.87. The third-order valence-electron chi connectivity index (χ3n) is 4.18. The smallest absolute Gasteiger partial charge is 0.258 e. The zero-order valence-electron chi connectivity index (χ0n) is 14.8. The molecule has 1 saturated heterocycles. The van der Waals surface area contributed by atoms with Gasteiger partial charge in [-0.05, 0) is 23.8 Å². The van der Waals surface area contributed by atoms with Crippen molar-refractivity contribution in [2.24, 2.45) is 0 Å². The molecule has 7 nitrogen and oxygen atoms in total. The monoisotopic (exact) mass is 390 g/mol. The van der Waals surface area contributed by atoms with Crippen LogP contribution in [0.15, 0.2) is 54.9 Å². The zero-order chi connectivity index (χ0) is 18.2. The SMILES string of the molecule is Cl.O=C(COc1ccccc1)NCC(=O)N1CCNCC1c1cccnc1. The molecule has 1 fully saturated rings. The maximum atomic E-state index is 12.6. The second-order valence-electron chi connectivity index (χ2n) is 5.97. The molecule has 0 saturated carbocycles. The molecule has 1 aromatic carbocycles. The largest absolute Gasteiger partial charge is 0.484 e. The van der Waals surface area contributed by atoms with Crippen LogP contribution in [0.2, 0.25) is 0 Å². The summed E-state index contributed by atoms with van der Waals surface area (Å²) < 4.78 is 5.38. The topological polar surface area (TPSA) is 83.6 Å². The van der Waals surface area contributed by atoms with Gasteiger partial charge in [-0.1, -0.05) is 24.3 Å². The van der Waals surface area contributed by atoms with Gasteiger partial charge in [0.05, 0.1) is 12.6 Å². The van der Waals surface area contributed by atoms with E-state index in [4.69, 9.17) is 4.74 Å². The summed E-state index contributed by atoms with van der Waals surface area (Å²) in [6.07, 6.45) is 3.48. The molecule has 0 aliphatic carbocycles. The van der Waals surface area contributed by atoms with Crippen molar-refractivity contribution in [3.05, 3.63) is 60.4 Å². The molecule has 1 aliphatic rings. The highest BCUT2D eigenvalue weighted by Gasteiger charge is 2.27. The van der Waals surface area contributed by atoms with E-state index in [0.29, 0.717) is 18.8 Å². The molecule has 144 valence electrons. The number of nitrogens with zero attached hydrogens (tertiary/aromatic N) is 2. The highest BCUT2D eigenvalue weighted by atomic mass is 35.5. The molecule has 2 N–H and O–H groups in total. The first-order chi connectivity index (χ1) is 12.7. The second kappa shape index (κ2) is 10.5. The Kier molecular flexibility index (Phi) is 8.03. The van der Waals surface area contributed by atoms with Crippen LogP contribution in [-0.4, -0.2) is 54.5 Å². The summed E-state index contributed by atoms with van der Waals surface area (Å²) in [5.74, 6) is 0.177. The number of carbonyl (C=O) groups excluding carboxylic acids is 2. The molecule has 1 aromatic heterocycles. The van der Waals surface area contributed by atoms with Crippen molar-refractivity contribution in [3.63, 3.8) is 0 Å². The van der Waals surface area contributed by atoms with Crippen LogP contribution in [0.5, 0.6) is 5.75 Å². The number of amides is 2. The predicted octanol–water partition coefficient (Wildman–Crippen LogP) is 1.17. The van der Waals surface area contributed by atoms with E-state index in [-0.39, 0.29) is 43.4 Å². The lowest BCUT2D eigenvalue weighted by atomic mass is 10.1. The maximum Gasteiger partial charge on any atom is 0.258 e. The minimum atomic E-state index is -0.324. The lowest BCUT2D eigenvalue weighted by Crippen LogP contribution is -2.51. The summed E-state index contributed by atoms with van der Waals surface area (Å²) >= 11 is 0. The van der Waals surface area contributed by atoms with Gasteiger partial charge in [-0.2, -0.15) is 0 Å². The first kappa shape index (κ1) is 20.7. The Labute approximate surface area is 164 Å². The van der Waals surface area contributed by atoms with Crippen molar-refractivity contribution in [3.8, 4) is 5.75 Å². The van der Waals surface area contributed by atoms with E-state index in [1.807, 2.05) is 30.3 Å². The summed E-state index contributed by atoms with van der Waals surface area (Å²) in [7, 11) is 0. The van der Waals surface area contributed by atoms with Crippen molar-refractivity contribution in [2.45, 2.75) is 6.04 Å². The van der Waals surface area contributed by atoms with Gasteiger partial charge < -0.3 is 20.3 Å². The molecular formula is C19H23ClN4O3. The molecule has 1 atom stereocenters. The Hall–Kier alpha value is -2.64. The van der Waals surface area contributed by atoms with Gasteiger partial charge in [-0.3, -0.25) is 14.6 Å². The number of aromatic nitrogens is 1. The van der Waals surface area contributed by atoms with Crippen LogP contribution in [0.1, 0.15) is 11.6 Å². The van der Waals surface area contributed by atoms with Crippen LogP contribution in [0.25, 0.3) is 0 Å². The standard InChI is InChI=1S/C19H22N4O3.ClH/c24-18(14-26-16-6-2-1-3-7-16)22-13-19(25)23-10-9-21-12-17(23)15-5-4-8-20-11-15;/h1-8,11,17,21H,9-10,12-14H2,(H,22,24);1H. The fraction of sp³-hybridized carbons (Fsp3) is 0.316. The minimum absolute atomic E-state index is 0. The molecule has 2 amide bonds. The Morgan fingerprint density at radius 2 is 2.04 bits per heavy atom. The van der Waals surface area contributed by atoms with E-state index in [2.05, 4.69) is 15.6 Å². The summed E-state index contributed by atoms with van der Waals surface area (Å²) in [6, 6.07) is 12.8. The molecule has 0 spiro atoms. The molecule has 0 bridgehead atoms. The summed E-state index contributed by atoms with van der Waals surface area (Å²) in [6.45, 7) is 1.82. The van der Waals surface area contributed by atoms with Crippen LogP contribution in [0.3, 0.4) is 0 Å². The maximum absolute atomic E-state index is 12.6. The quantitative estimate of drug-likeness (QED) is 0.773. The molecule has 8 heteroatoms. The number of pyridine rings is 1. The van der Waals surface area contributed by atoms with Gasteiger partial charge >= 0.3 is 0 Å². The van der Waals surface area contributed by atoms with Gasteiger partial charge in [0, 0.05) is 32.0 Å². The lowest BCUT2D eigenvalue weighted by molar-refractivity contribution is -0.136. The molecule has 27 heavy (non-hydrogen) atoms. The van der Waals surface area contributed by atoms with Gasteiger partial charge in [0.15, 0.2) is 6.61 Å². The van der Waals surface area contributed by atoms with Crippen molar-refractivity contribution in [1.82, 2.24) is 20.5 Å². The molecule has 1 unspecified atom stereocenters. The fourth-order valence-electron chi connectivity index (χ4n) is 2.87. The van der Waals surface area contributed by atoms with Crippen LogP contribution in [-0.2, 0) is 9.59 Å². The molecule has 0 radical (unpaired) electrons. The van der Waals surface area contributed by atoms with E-state index < -0.39 is 0 Å². The predicted molar refractivity (Wildman–Crippen MR) is 104 cm³/mol. The van der Waals surface area contributed by atoms with Crippen LogP contribution >= 0.6 is 12.4 Å². The number of halogens is 1. The van der Waals surface area contributed by atoms with Crippen LogP contribution < -0.4 is 15.4 Å². The number of carbonyl (C=O) groups is 2. The molecular weight excluding hydrogens is 368 g/mol. The molecule has 1 aliphatic heterocycles. The molecule has 2 aromatic rings. The number of ether oxygens (including phenoxy) is 1. The first-order valence-electron chi connectivity index (χ1n) is 8.58. The Morgan fingerprint density at radius 1 is 1.22 bits per heavy atom. The van der Waals surface area contributed by atoms with Gasteiger partial charge in [0.2, 0.25) is 5.91 Å². The van der Waals surface area contributed by atoms with Crippen molar-refractivity contribution in [2.75, 3.05) is 32.8 Å². The highest BCUT2D eigenvalue weighted by Crippen LogP contribution is 2.21. The number of benzene rings is 1. The Morgan fingerprint density at radius 3 is 2.78 bits per heavy atom. The van der Waals surface area contributed by atoms with E-state index in [9.17, 15) is 9.59 Å². The van der Waals surface area contributed by atoms with Crippen LogP contribution in [0, 0.1) is 0 Å². The average molecular weight is 391 g/mol.